The molecule has 0 aromatic carbocycles. The van der Waals surface area contributed by atoms with E-state index in [1.165, 1.54) is 0 Å². The summed E-state index contributed by atoms with van der Waals surface area (Å²) in [6.07, 6.45) is 3.99. The quantitative estimate of drug-likeness (QED) is 0.441. The van der Waals surface area contributed by atoms with Crippen molar-refractivity contribution in [3.05, 3.63) is 24.8 Å². The molecule has 12 heavy (non-hydrogen) atoms. The Hall–Kier alpha value is -0.600. The van der Waals surface area contributed by atoms with Gasteiger partial charge in [-0.05, 0) is 25.5 Å². The number of allylic oxidation sites excluding steroid dienone is 1. The number of unbranched alkanes of at least 4 members (excludes halogenated alkanes) is 1. The second-order valence-electron chi connectivity index (χ2n) is 2.76. The van der Waals surface area contributed by atoms with Gasteiger partial charge in [0.1, 0.15) is 0 Å². The fourth-order valence-electron chi connectivity index (χ4n) is 0.847. The van der Waals surface area contributed by atoms with Crippen molar-refractivity contribution < 1.29 is 4.74 Å². The first-order chi connectivity index (χ1) is 5.81. The second kappa shape index (κ2) is 8.50. The van der Waals surface area contributed by atoms with Crippen LogP contribution in [0.4, 0.5) is 0 Å². The maximum atomic E-state index is 5.36. The third kappa shape index (κ3) is 7.51. The van der Waals surface area contributed by atoms with E-state index in [9.17, 15) is 0 Å². The fraction of sp³-hybridized carbons (Fsp3) is 0.600. The molecule has 0 bridgehead atoms. The zero-order valence-electron chi connectivity index (χ0n) is 7.94. The van der Waals surface area contributed by atoms with E-state index in [-0.39, 0.29) is 0 Å². The third-order valence-corrected chi connectivity index (χ3v) is 1.43. The highest BCUT2D eigenvalue weighted by Gasteiger charge is 1.91. The largest absolute Gasteiger partial charge is 0.377 e. The summed E-state index contributed by atoms with van der Waals surface area (Å²) in [6, 6.07) is 0. The molecule has 70 valence electrons. The van der Waals surface area contributed by atoms with Gasteiger partial charge in [-0.2, -0.15) is 0 Å². The van der Waals surface area contributed by atoms with Crippen molar-refractivity contribution in [1.82, 2.24) is 5.32 Å². The van der Waals surface area contributed by atoms with Crippen LogP contribution in [0.25, 0.3) is 0 Å². The summed E-state index contributed by atoms with van der Waals surface area (Å²) in [7, 11) is 1.91. The SMILES string of the molecule is C=CCCCOCC(=C)CNC. The summed E-state index contributed by atoms with van der Waals surface area (Å²) in [4.78, 5) is 0. The maximum absolute atomic E-state index is 5.36. The molecule has 0 saturated carbocycles. The Morgan fingerprint density at radius 1 is 1.58 bits per heavy atom. The van der Waals surface area contributed by atoms with Crippen LogP contribution in [0.5, 0.6) is 0 Å². The molecule has 0 unspecified atom stereocenters. The van der Waals surface area contributed by atoms with E-state index in [1.54, 1.807) is 0 Å². The molecule has 0 aromatic rings. The third-order valence-electron chi connectivity index (χ3n) is 1.43. The summed E-state index contributed by atoms with van der Waals surface area (Å²) in [5, 5.41) is 3.02. The van der Waals surface area contributed by atoms with Crippen molar-refractivity contribution in [2.24, 2.45) is 0 Å². The molecule has 0 aliphatic heterocycles. The van der Waals surface area contributed by atoms with Gasteiger partial charge in [0.2, 0.25) is 0 Å². The van der Waals surface area contributed by atoms with Crippen molar-refractivity contribution in [3.8, 4) is 0 Å². The van der Waals surface area contributed by atoms with E-state index in [1.807, 2.05) is 13.1 Å². The predicted molar refractivity (Wildman–Crippen MR) is 53.3 cm³/mol. The Labute approximate surface area is 75.3 Å². The first kappa shape index (κ1) is 11.4. The zero-order valence-corrected chi connectivity index (χ0v) is 7.94. The number of likely N-dealkylation sites (N-methyl/N-ethyl adjacent to an activating group) is 1. The van der Waals surface area contributed by atoms with E-state index in [0.717, 1.165) is 31.6 Å². The molecule has 2 nitrogen and oxygen atoms in total. The van der Waals surface area contributed by atoms with E-state index >= 15 is 0 Å². The summed E-state index contributed by atoms with van der Waals surface area (Å²) >= 11 is 0. The van der Waals surface area contributed by atoms with Gasteiger partial charge in [-0.25, -0.2) is 0 Å². The van der Waals surface area contributed by atoms with E-state index in [4.69, 9.17) is 4.74 Å². The highest BCUT2D eigenvalue weighted by Crippen LogP contribution is 1.93. The Balaban J connectivity index is 3.08. The molecule has 0 aromatic heterocycles. The van der Waals surface area contributed by atoms with Crippen molar-refractivity contribution >= 4 is 0 Å². The van der Waals surface area contributed by atoms with Gasteiger partial charge in [0.25, 0.3) is 0 Å². The molecule has 0 saturated heterocycles. The molecule has 0 aliphatic carbocycles. The molecular formula is C10H19NO. The van der Waals surface area contributed by atoms with E-state index in [0.29, 0.717) is 6.61 Å². The van der Waals surface area contributed by atoms with Gasteiger partial charge in [0.15, 0.2) is 0 Å². The van der Waals surface area contributed by atoms with Crippen LogP contribution in [-0.4, -0.2) is 26.8 Å². The van der Waals surface area contributed by atoms with E-state index in [2.05, 4.69) is 18.5 Å². The average molecular weight is 169 g/mol. The van der Waals surface area contributed by atoms with Crippen LogP contribution >= 0.6 is 0 Å². The normalized spacial score (nSPS) is 9.75. The average Bonchev–Trinajstić information content (AvgIpc) is 2.05. The van der Waals surface area contributed by atoms with Gasteiger partial charge in [-0.3, -0.25) is 0 Å². The van der Waals surface area contributed by atoms with Crippen LogP contribution in [-0.2, 0) is 4.74 Å². The lowest BCUT2D eigenvalue weighted by atomic mass is 10.3. The molecule has 0 fully saturated rings. The minimum Gasteiger partial charge on any atom is -0.377 e. The summed E-state index contributed by atoms with van der Waals surface area (Å²) in [5.74, 6) is 0. The van der Waals surface area contributed by atoms with Crippen molar-refractivity contribution in [2.45, 2.75) is 12.8 Å². The monoisotopic (exact) mass is 169 g/mol. The van der Waals surface area contributed by atoms with Crippen molar-refractivity contribution in [3.63, 3.8) is 0 Å². The summed E-state index contributed by atoms with van der Waals surface area (Å²) < 4.78 is 5.36. The van der Waals surface area contributed by atoms with Gasteiger partial charge < -0.3 is 10.1 Å². The molecule has 0 amide bonds. The van der Waals surface area contributed by atoms with E-state index < -0.39 is 0 Å². The number of nitrogens with one attached hydrogen (secondary N) is 1. The molecule has 1 N–H and O–H groups in total. The Kier molecular flexibility index (Phi) is 8.07. The van der Waals surface area contributed by atoms with Gasteiger partial charge in [-0.1, -0.05) is 12.7 Å². The Morgan fingerprint density at radius 3 is 2.92 bits per heavy atom. The van der Waals surface area contributed by atoms with Crippen LogP contribution in [0.1, 0.15) is 12.8 Å². The molecule has 0 radical (unpaired) electrons. The van der Waals surface area contributed by atoms with Gasteiger partial charge in [0.05, 0.1) is 6.61 Å². The molecular weight excluding hydrogens is 150 g/mol. The minimum absolute atomic E-state index is 0.665. The predicted octanol–water partition coefficient (Wildman–Crippen LogP) is 1.74. The lowest BCUT2D eigenvalue weighted by Gasteiger charge is -2.05. The Morgan fingerprint density at radius 2 is 2.33 bits per heavy atom. The van der Waals surface area contributed by atoms with Crippen molar-refractivity contribution in [1.29, 1.82) is 0 Å². The molecule has 0 heterocycles. The summed E-state index contributed by atoms with van der Waals surface area (Å²) in [5.41, 5.74) is 1.09. The Bertz CT molecular complexity index is 132. The molecule has 2 heteroatoms. The maximum Gasteiger partial charge on any atom is 0.0686 e. The van der Waals surface area contributed by atoms with Crippen LogP contribution in [0.15, 0.2) is 24.8 Å². The number of rotatable bonds is 8. The number of hydrogen-bond donors (Lipinski definition) is 1. The molecule has 0 atom stereocenters. The molecule has 0 spiro atoms. The highest BCUT2D eigenvalue weighted by atomic mass is 16.5. The van der Waals surface area contributed by atoms with Gasteiger partial charge >= 0.3 is 0 Å². The van der Waals surface area contributed by atoms with Crippen molar-refractivity contribution in [2.75, 3.05) is 26.8 Å². The van der Waals surface area contributed by atoms with Crippen LogP contribution in [0.2, 0.25) is 0 Å². The zero-order chi connectivity index (χ0) is 9.23. The standard InChI is InChI=1S/C10H19NO/c1-4-5-6-7-12-9-10(2)8-11-3/h4,11H,1-2,5-9H2,3H3. The highest BCUT2D eigenvalue weighted by molar-refractivity contribution is 4.96. The molecule has 0 aliphatic rings. The fourth-order valence-corrected chi connectivity index (χ4v) is 0.847. The van der Waals surface area contributed by atoms with Crippen LogP contribution in [0, 0.1) is 0 Å². The minimum atomic E-state index is 0.665. The van der Waals surface area contributed by atoms with Crippen LogP contribution in [0.3, 0.4) is 0 Å². The number of hydrogen-bond acceptors (Lipinski definition) is 2. The topological polar surface area (TPSA) is 21.3 Å². The van der Waals surface area contributed by atoms with Crippen LogP contribution < -0.4 is 5.32 Å². The van der Waals surface area contributed by atoms with Gasteiger partial charge in [0, 0.05) is 13.2 Å². The lowest BCUT2D eigenvalue weighted by Crippen LogP contribution is -2.13. The lowest BCUT2D eigenvalue weighted by molar-refractivity contribution is 0.153. The van der Waals surface area contributed by atoms with Gasteiger partial charge in [-0.15, -0.1) is 6.58 Å². The number of ether oxygens (including phenoxy) is 1. The summed E-state index contributed by atoms with van der Waals surface area (Å²) in [6.45, 7) is 9.79. The smallest absolute Gasteiger partial charge is 0.0686 e. The second-order valence-corrected chi connectivity index (χ2v) is 2.76. The first-order valence-corrected chi connectivity index (χ1v) is 4.31. The first-order valence-electron chi connectivity index (χ1n) is 4.31. The molecule has 0 rings (SSSR count).